The molecule has 0 heterocycles. The maximum absolute atomic E-state index is 5.79. The molecule has 0 N–H and O–H groups in total. The zero-order valence-corrected chi connectivity index (χ0v) is 11.1. The molecule has 3 heteroatoms. The molecule has 2 aromatic carbocycles. The first-order valence-corrected chi connectivity index (χ1v) is 6.23. The van der Waals surface area contributed by atoms with Crippen LogP contribution in [0.25, 0.3) is 6.08 Å². The third-order valence-electron chi connectivity index (χ3n) is 2.24. The van der Waals surface area contributed by atoms with Crippen LogP contribution in [0.5, 0.6) is 5.75 Å². The Morgan fingerprint density at radius 3 is 2.33 bits per heavy atom. The number of benzene rings is 2. The Kier molecular flexibility index (Phi) is 4.51. The minimum atomic E-state index is 0.418. The highest BCUT2D eigenvalue weighted by Crippen LogP contribution is 2.16. The van der Waals surface area contributed by atoms with Gasteiger partial charge in [-0.25, -0.2) is 0 Å². The predicted octanol–water partition coefficient (Wildman–Crippen LogP) is 4.76. The van der Waals surface area contributed by atoms with Gasteiger partial charge in [-0.1, -0.05) is 48.0 Å². The van der Waals surface area contributed by atoms with Crippen LogP contribution in [0, 0.1) is 0 Å². The van der Waals surface area contributed by atoms with Crippen LogP contribution < -0.4 is 4.74 Å². The summed E-state index contributed by atoms with van der Waals surface area (Å²) in [6, 6.07) is 17.0. The highest BCUT2D eigenvalue weighted by molar-refractivity contribution is 7.80. The quantitative estimate of drug-likeness (QED) is 0.589. The Morgan fingerprint density at radius 2 is 1.67 bits per heavy atom. The summed E-state index contributed by atoms with van der Waals surface area (Å²) in [6.45, 7) is 0. The van der Waals surface area contributed by atoms with Crippen molar-refractivity contribution in [1.82, 2.24) is 0 Å². The molecule has 90 valence electrons. The Balaban J connectivity index is 1.97. The van der Waals surface area contributed by atoms with Gasteiger partial charge in [0.25, 0.3) is 0 Å². The van der Waals surface area contributed by atoms with Crippen molar-refractivity contribution in [2.45, 2.75) is 0 Å². The predicted molar refractivity (Wildman–Crippen MR) is 80.2 cm³/mol. The number of hydrogen-bond acceptors (Lipinski definition) is 2. The maximum atomic E-state index is 5.79. The summed E-state index contributed by atoms with van der Waals surface area (Å²) < 4.78 is 5.48. The number of thiocarbonyl (C=S) groups is 1. The molecule has 18 heavy (non-hydrogen) atoms. The fourth-order valence-corrected chi connectivity index (χ4v) is 1.67. The van der Waals surface area contributed by atoms with Crippen LogP contribution >= 0.6 is 23.8 Å². The Hall–Kier alpha value is -1.64. The van der Waals surface area contributed by atoms with Gasteiger partial charge in [0.15, 0.2) is 5.05 Å². The van der Waals surface area contributed by atoms with E-state index in [4.69, 9.17) is 28.6 Å². The van der Waals surface area contributed by atoms with Crippen molar-refractivity contribution in [3.05, 3.63) is 71.3 Å². The molecule has 0 amide bonds. The van der Waals surface area contributed by atoms with Gasteiger partial charge in [-0.05, 0) is 48.1 Å². The van der Waals surface area contributed by atoms with Crippen molar-refractivity contribution < 1.29 is 4.74 Å². The monoisotopic (exact) mass is 274 g/mol. The molecule has 0 bridgehead atoms. The maximum Gasteiger partial charge on any atom is 0.190 e. The fraction of sp³-hybridized carbons (Fsp3) is 0. The molecule has 0 aliphatic rings. The minimum Gasteiger partial charge on any atom is -0.446 e. The molecule has 0 saturated carbocycles. The highest BCUT2D eigenvalue weighted by Gasteiger charge is 1.96. The smallest absolute Gasteiger partial charge is 0.190 e. The van der Waals surface area contributed by atoms with Gasteiger partial charge in [-0.3, -0.25) is 0 Å². The van der Waals surface area contributed by atoms with Crippen molar-refractivity contribution in [1.29, 1.82) is 0 Å². The van der Waals surface area contributed by atoms with E-state index in [1.165, 1.54) is 0 Å². The fourth-order valence-electron chi connectivity index (χ4n) is 1.38. The minimum absolute atomic E-state index is 0.418. The van der Waals surface area contributed by atoms with E-state index in [0.717, 1.165) is 5.56 Å². The topological polar surface area (TPSA) is 9.23 Å². The SMILES string of the molecule is S=C(C=Cc1ccccc1)Oc1ccc(Cl)cc1. The molecular formula is C15H11ClOS. The number of hydrogen-bond donors (Lipinski definition) is 0. The lowest BCUT2D eigenvalue weighted by molar-refractivity contribution is 0.569. The first-order chi connectivity index (χ1) is 8.74. The van der Waals surface area contributed by atoms with Crippen LogP contribution in [0.3, 0.4) is 0 Å². The molecule has 0 saturated heterocycles. The number of ether oxygens (including phenoxy) is 1. The van der Waals surface area contributed by atoms with Gasteiger partial charge in [0, 0.05) is 5.02 Å². The molecule has 0 aromatic heterocycles. The summed E-state index contributed by atoms with van der Waals surface area (Å²) >= 11 is 10.9. The van der Waals surface area contributed by atoms with E-state index in [1.54, 1.807) is 30.3 Å². The Labute approximate surface area is 117 Å². The van der Waals surface area contributed by atoms with Crippen molar-refractivity contribution in [3.63, 3.8) is 0 Å². The van der Waals surface area contributed by atoms with Gasteiger partial charge < -0.3 is 4.74 Å². The molecule has 1 nitrogen and oxygen atoms in total. The van der Waals surface area contributed by atoms with Crippen molar-refractivity contribution in [3.8, 4) is 5.75 Å². The lowest BCUT2D eigenvalue weighted by Crippen LogP contribution is -2.00. The molecule has 2 rings (SSSR count). The number of rotatable bonds is 3. The number of halogens is 1. The first kappa shape index (κ1) is 12.8. The van der Waals surface area contributed by atoms with Crippen molar-refractivity contribution in [2.75, 3.05) is 0 Å². The van der Waals surface area contributed by atoms with E-state index in [9.17, 15) is 0 Å². The summed E-state index contributed by atoms with van der Waals surface area (Å²) in [5.41, 5.74) is 1.08. The van der Waals surface area contributed by atoms with E-state index in [-0.39, 0.29) is 0 Å². The normalized spacial score (nSPS) is 10.5. The third kappa shape index (κ3) is 3.99. The van der Waals surface area contributed by atoms with E-state index in [1.807, 2.05) is 36.4 Å². The second kappa shape index (κ2) is 6.34. The zero-order chi connectivity index (χ0) is 12.8. The molecule has 0 radical (unpaired) electrons. The van der Waals surface area contributed by atoms with Crippen LogP contribution in [0.4, 0.5) is 0 Å². The molecule has 0 aliphatic heterocycles. The summed E-state index contributed by atoms with van der Waals surface area (Å²) in [5.74, 6) is 0.683. The second-order valence-electron chi connectivity index (χ2n) is 3.62. The van der Waals surface area contributed by atoms with E-state index in [0.29, 0.717) is 15.8 Å². The molecule has 0 aliphatic carbocycles. The van der Waals surface area contributed by atoms with Gasteiger partial charge in [0.2, 0.25) is 0 Å². The van der Waals surface area contributed by atoms with Gasteiger partial charge in [0.1, 0.15) is 5.75 Å². The average Bonchev–Trinajstić information content (AvgIpc) is 2.40. The van der Waals surface area contributed by atoms with Crippen LogP contribution in [0.2, 0.25) is 5.02 Å². The van der Waals surface area contributed by atoms with Crippen molar-refractivity contribution >= 4 is 34.9 Å². The summed E-state index contributed by atoms with van der Waals surface area (Å²) in [6.07, 6.45) is 3.68. The second-order valence-corrected chi connectivity index (χ2v) is 4.46. The average molecular weight is 275 g/mol. The van der Waals surface area contributed by atoms with E-state index in [2.05, 4.69) is 0 Å². The first-order valence-electron chi connectivity index (χ1n) is 5.44. The molecular weight excluding hydrogens is 264 g/mol. The van der Waals surface area contributed by atoms with Crippen LogP contribution in [0.15, 0.2) is 60.7 Å². The molecule has 0 atom stereocenters. The van der Waals surface area contributed by atoms with Crippen molar-refractivity contribution in [2.24, 2.45) is 0 Å². The molecule has 0 fully saturated rings. The molecule has 2 aromatic rings. The standard InChI is InChI=1S/C15H11ClOS/c16-13-7-9-14(10-8-13)17-15(18)11-6-12-4-2-1-3-5-12/h1-11H. The highest BCUT2D eigenvalue weighted by atomic mass is 35.5. The van der Waals surface area contributed by atoms with E-state index >= 15 is 0 Å². The molecule has 0 unspecified atom stereocenters. The summed E-state index contributed by atoms with van der Waals surface area (Å²) in [5, 5.41) is 1.09. The largest absolute Gasteiger partial charge is 0.446 e. The lowest BCUT2D eigenvalue weighted by Gasteiger charge is -2.03. The van der Waals surface area contributed by atoms with Gasteiger partial charge in [-0.2, -0.15) is 0 Å². The Bertz CT molecular complexity index is 546. The van der Waals surface area contributed by atoms with Gasteiger partial charge >= 0.3 is 0 Å². The van der Waals surface area contributed by atoms with Gasteiger partial charge in [-0.15, -0.1) is 0 Å². The van der Waals surface area contributed by atoms with Crippen LogP contribution in [0.1, 0.15) is 5.56 Å². The Morgan fingerprint density at radius 1 is 1.00 bits per heavy atom. The summed E-state index contributed by atoms with van der Waals surface area (Å²) in [4.78, 5) is 0. The van der Waals surface area contributed by atoms with Crippen LogP contribution in [-0.2, 0) is 0 Å². The van der Waals surface area contributed by atoms with Crippen LogP contribution in [-0.4, -0.2) is 5.05 Å². The third-order valence-corrected chi connectivity index (χ3v) is 2.71. The lowest BCUT2D eigenvalue weighted by atomic mass is 10.2. The van der Waals surface area contributed by atoms with E-state index < -0.39 is 0 Å². The summed E-state index contributed by atoms with van der Waals surface area (Å²) in [7, 11) is 0. The molecule has 0 spiro atoms. The zero-order valence-electron chi connectivity index (χ0n) is 9.55. The van der Waals surface area contributed by atoms with Gasteiger partial charge in [0.05, 0.1) is 0 Å².